The van der Waals surface area contributed by atoms with E-state index in [4.69, 9.17) is 0 Å². The van der Waals surface area contributed by atoms with Gasteiger partial charge in [0.15, 0.2) is 6.23 Å². The molecular formula is C24H32BrN7O4S. The molecule has 1 aliphatic heterocycles. The Morgan fingerprint density at radius 1 is 1.24 bits per heavy atom. The van der Waals surface area contributed by atoms with E-state index in [2.05, 4.69) is 46.7 Å². The van der Waals surface area contributed by atoms with Gasteiger partial charge in [0.1, 0.15) is 10.8 Å². The minimum atomic E-state index is -1.05. The number of thiazole rings is 1. The van der Waals surface area contributed by atoms with Gasteiger partial charge in [-0.25, -0.2) is 9.97 Å². The Labute approximate surface area is 228 Å². The van der Waals surface area contributed by atoms with Gasteiger partial charge in [0, 0.05) is 60.2 Å². The molecule has 37 heavy (non-hydrogen) atoms. The highest BCUT2D eigenvalue weighted by Crippen LogP contribution is 2.32. The van der Waals surface area contributed by atoms with E-state index in [9.17, 15) is 19.5 Å². The lowest BCUT2D eigenvalue weighted by Gasteiger charge is -2.38. The fourth-order valence-corrected chi connectivity index (χ4v) is 6.01. The summed E-state index contributed by atoms with van der Waals surface area (Å²) in [5, 5.41) is 20.0. The first-order valence-electron chi connectivity index (χ1n) is 12.2. The average molecular weight is 595 g/mol. The van der Waals surface area contributed by atoms with Gasteiger partial charge in [-0.1, -0.05) is 0 Å². The Kier molecular flexibility index (Phi) is 8.90. The van der Waals surface area contributed by atoms with Crippen LogP contribution < -0.4 is 16.0 Å². The zero-order valence-corrected chi connectivity index (χ0v) is 23.4. The fourth-order valence-electron chi connectivity index (χ4n) is 4.67. The molecule has 200 valence electrons. The number of hydrogen-bond acceptors (Lipinski definition) is 9. The molecule has 0 radical (unpaired) electrons. The number of carbonyl (C=O) groups excluding carboxylic acids is 3. The molecular weight excluding hydrogens is 562 g/mol. The molecule has 1 aliphatic carbocycles. The number of rotatable bonds is 7. The molecule has 3 amide bonds. The summed E-state index contributed by atoms with van der Waals surface area (Å²) in [5.41, 5.74) is 0.965. The van der Waals surface area contributed by atoms with Crippen LogP contribution in [0.15, 0.2) is 22.8 Å². The van der Waals surface area contributed by atoms with Crippen molar-refractivity contribution in [1.82, 2.24) is 30.4 Å². The molecule has 1 fully saturated rings. The summed E-state index contributed by atoms with van der Waals surface area (Å²) >= 11 is 4.74. The van der Waals surface area contributed by atoms with Gasteiger partial charge in [0.2, 0.25) is 5.91 Å². The number of fused-ring (bicyclic) bond motifs is 1. The quantitative estimate of drug-likeness (QED) is 0.280. The molecule has 3 heterocycles. The molecule has 2 aromatic heterocycles. The van der Waals surface area contributed by atoms with Crippen molar-refractivity contribution in [3.63, 3.8) is 0 Å². The van der Waals surface area contributed by atoms with Crippen LogP contribution >= 0.6 is 27.3 Å². The van der Waals surface area contributed by atoms with Crippen molar-refractivity contribution in [2.24, 2.45) is 5.92 Å². The summed E-state index contributed by atoms with van der Waals surface area (Å²) in [6.45, 7) is 4.05. The molecule has 1 saturated carbocycles. The van der Waals surface area contributed by atoms with Gasteiger partial charge in [0.25, 0.3) is 0 Å². The smallest absolute Gasteiger partial charge is 0.314 e. The zero-order valence-electron chi connectivity index (χ0n) is 21.0. The third kappa shape index (κ3) is 6.71. The van der Waals surface area contributed by atoms with Gasteiger partial charge < -0.3 is 20.6 Å². The van der Waals surface area contributed by atoms with E-state index >= 15 is 0 Å². The van der Waals surface area contributed by atoms with Crippen LogP contribution in [-0.2, 0) is 27.5 Å². The van der Waals surface area contributed by atoms with Gasteiger partial charge in [-0.15, -0.1) is 11.3 Å². The molecule has 13 heteroatoms. The second kappa shape index (κ2) is 11.9. The molecule has 4 atom stereocenters. The van der Waals surface area contributed by atoms with Crippen molar-refractivity contribution in [2.75, 3.05) is 26.0 Å². The van der Waals surface area contributed by atoms with Crippen molar-refractivity contribution >= 4 is 50.8 Å². The van der Waals surface area contributed by atoms with Crippen LogP contribution in [0.3, 0.4) is 0 Å². The Morgan fingerprint density at radius 3 is 2.70 bits per heavy atom. The maximum absolute atomic E-state index is 12.9. The first-order chi connectivity index (χ1) is 17.6. The maximum atomic E-state index is 12.9. The second-order valence-corrected chi connectivity index (χ2v) is 11.6. The van der Waals surface area contributed by atoms with Crippen LogP contribution in [0.1, 0.15) is 48.0 Å². The lowest BCUT2D eigenvalue weighted by atomic mass is 9.81. The van der Waals surface area contributed by atoms with Crippen molar-refractivity contribution in [1.29, 1.82) is 0 Å². The third-order valence-corrected chi connectivity index (χ3v) is 8.38. The standard InChI is InChI=1S/C24H32BrN7O4S/c1-4-32(3)24(36)13-5-7-15(27-20(33)21(34)30-19-8-6-14(25)10-26-19)16(9-13)28-22(35)23-29-17-11-31(2)12-18(17)37-23/h6,8,10,13,15-16,22,28,35H,4-5,7,9,11-12H2,1-3H3,(H,27,33)(H,26,30,34)/t13-,15-,16+,22?/m0/s1. The highest BCUT2D eigenvalue weighted by atomic mass is 79.9. The number of nitrogens with one attached hydrogen (secondary N) is 3. The average Bonchev–Trinajstić information content (AvgIpc) is 3.43. The number of aliphatic hydroxyl groups excluding tert-OH is 1. The minimum absolute atomic E-state index is 0.0314. The van der Waals surface area contributed by atoms with Crippen molar-refractivity contribution < 1.29 is 19.5 Å². The van der Waals surface area contributed by atoms with Crippen molar-refractivity contribution in [3.05, 3.63) is 38.4 Å². The molecule has 0 aromatic carbocycles. The summed E-state index contributed by atoms with van der Waals surface area (Å²) < 4.78 is 0.750. The summed E-state index contributed by atoms with van der Waals surface area (Å²) in [5.74, 6) is -1.60. The molecule has 0 spiro atoms. The number of pyridine rings is 1. The Hall–Kier alpha value is -2.45. The van der Waals surface area contributed by atoms with E-state index in [1.165, 1.54) is 17.5 Å². The number of aromatic nitrogens is 2. The second-order valence-electron chi connectivity index (χ2n) is 9.53. The predicted molar refractivity (Wildman–Crippen MR) is 142 cm³/mol. The minimum Gasteiger partial charge on any atom is -0.372 e. The topological polar surface area (TPSA) is 140 Å². The predicted octanol–water partition coefficient (Wildman–Crippen LogP) is 1.60. The molecule has 0 saturated heterocycles. The first-order valence-corrected chi connectivity index (χ1v) is 13.8. The van der Waals surface area contributed by atoms with Crippen LogP contribution in [0.2, 0.25) is 0 Å². The van der Waals surface area contributed by atoms with E-state index in [0.29, 0.717) is 30.8 Å². The monoisotopic (exact) mass is 593 g/mol. The van der Waals surface area contributed by atoms with E-state index in [1.54, 1.807) is 24.1 Å². The van der Waals surface area contributed by atoms with E-state index in [0.717, 1.165) is 28.1 Å². The van der Waals surface area contributed by atoms with Gasteiger partial charge in [-0.05, 0) is 61.3 Å². The Bertz CT molecular complexity index is 1120. The molecule has 0 bridgehead atoms. The van der Waals surface area contributed by atoms with Gasteiger partial charge in [-0.2, -0.15) is 0 Å². The Morgan fingerprint density at radius 2 is 2.03 bits per heavy atom. The SMILES string of the molecule is CCN(C)C(=O)[C@H]1CC[C@H](NC(=O)C(=O)Nc2ccc(Br)cn2)[C@H](NC(O)c2nc3c(s2)CN(C)C3)C1. The highest BCUT2D eigenvalue weighted by molar-refractivity contribution is 9.10. The van der Waals surface area contributed by atoms with E-state index in [1.807, 2.05) is 14.0 Å². The molecule has 1 unspecified atom stereocenters. The van der Waals surface area contributed by atoms with Crippen molar-refractivity contribution in [2.45, 2.75) is 57.6 Å². The van der Waals surface area contributed by atoms with E-state index in [-0.39, 0.29) is 17.6 Å². The molecule has 2 aromatic rings. The summed E-state index contributed by atoms with van der Waals surface area (Å²) in [6.07, 6.45) is 1.93. The molecule has 4 rings (SSSR count). The van der Waals surface area contributed by atoms with Crippen LogP contribution in [0.25, 0.3) is 0 Å². The number of nitrogens with zero attached hydrogens (tertiary/aromatic N) is 4. The Balaban J connectivity index is 1.44. The van der Waals surface area contributed by atoms with Crippen LogP contribution in [-0.4, -0.2) is 75.3 Å². The highest BCUT2D eigenvalue weighted by Gasteiger charge is 2.38. The van der Waals surface area contributed by atoms with Gasteiger partial charge in [0.05, 0.1) is 5.69 Å². The number of carbonyl (C=O) groups is 3. The lowest BCUT2D eigenvalue weighted by molar-refractivity contribution is -0.138. The number of halogens is 1. The molecule has 11 nitrogen and oxygen atoms in total. The summed E-state index contributed by atoms with van der Waals surface area (Å²) in [7, 11) is 3.79. The molecule has 2 aliphatic rings. The summed E-state index contributed by atoms with van der Waals surface area (Å²) in [6, 6.07) is 2.40. The zero-order chi connectivity index (χ0) is 26.7. The summed E-state index contributed by atoms with van der Waals surface area (Å²) in [4.78, 5) is 51.7. The van der Waals surface area contributed by atoms with E-state index < -0.39 is 30.1 Å². The number of aliphatic hydroxyl groups is 1. The largest absolute Gasteiger partial charge is 0.372 e. The number of anilines is 1. The number of amides is 3. The normalized spacial score (nSPS) is 22.2. The van der Waals surface area contributed by atoms with Crippen LogP contribution in [0.5, 0.6) is 0 Å². The van der Waals surface area contributed by atoms with Crippen LogP contribution in [0, 0.1) is 5.92 Å². The van der Waals surface area contributed by atoms with Gasteiger partial charge in [-0.3, -0.25) is 24.6 Å². The van der Waals surface area contributed by atoms with Crippen molar-refractivity contribution in [3.8, 4) is 0 Å². The third-order valence-electron chi connectivity index (χ3n) is 6.78. The lowest BCUT2D eigenvalue weighted by Crippen LogP contribution is -2.56. The molecule has 4 N–H and O–H groups in total. The number of hydrogen-bond donors (Lipinski definition) is 4. The van der Waals surface area contributed by atoms with Crippen LogP contribution in [0.4, 0.5) is 5.82 Å². The van der Waals surface area contributed by atoms with Gasteiger partial charge >= 0.3 is 11.8 Å². The fraction of sp³-hybridized carbons (Fsp3) is 0.542. The maximum Gasteiger partial charge on any atom is 0.314 e. The first kappa shape index (κ1) is 27.6.